The maximum absolute atomic E-state index is 13.5. The van der Waals surface area contributed by atoms with E-state index < -0.39 is 9.84 Å². The smallest absolute Gasteiger partial charge is 0.236 e. The summed E-state index contributed by atoms with van der Waals surface area (Å²) >= 11 is 0. The maximum Gasteiger partial charge on any atom is 0.236 e. The van der Waals surface area contributed by atoms with Crippen LogP contribution in [0.25, 0.3) is 11.5 Å². The molecule has 0 atom stereocenters. The van der Waals surface area contributed by atoms with Gasteiger partial charge in [-0.3, -0.25) is 4.90 Å². The standard InChI is InChI=1S/C26H25N3O3S/c30-33(31,23-14-8-3-9-15-23)25-26(32-24(27-25)22-12-6-2-7-13-22)29-18-16-28(17-19-29)20-21-10-4-1-5-11-21/h1-15H,16-20H2. The SMILES string of the molecule is O=S(=O)(c1ccccc1)c1nc(-c2ccccc2)oc1N1CCN(Cc2ccccc2)CC1. The van der Waals surface area contributed by atoms with Crippen LogP contribution < -0.4 is 4.90 Å². The van der Waals surface area contributed by atoms with Crippen LogP contribution in [0.1, 0.15) is 5.56 Å². The lowest BCUT2D eigenvalue weighted by Gasteiger charge is -2.34. The molecule has 0 spiro atoms. The number of benzene rings is 3. The molecule has 0 aliphatic carbocycles. The Hall–Kier alpha value is -3.42. The monoisotopic (exact) mass is 459 g/mol. The Morgan fingerprint density at radius 1 is 0.758 bits per heavy atom. The van der Waals surface area contributed by atoms with E-state index in [-0.39, 0.29) is 9.92 Å². The predicted molar refractivity (Wildman–Crippen MR) is 128 cm³/mol. The van der Waals surface area contributed by atoms with E-state index in [0.29, 0.717) is 24.9 Å². The van der Waals surface area contributed by atoms with Crippen molar-refractivity contribution in [3.8, 4) is 11.5 Å². The van der Waals surface area contributed by atoms with Gasteiger partial charge >= 0.3 is 0 Å². The van der Waals surface area contributed by atoms with Crippen molar-refractivity contribution in [2.45, 2.75) is 16.5 Å². The van der Waals surface area contributed by atoms with Gasteiger partial charge in [-0.15, -0.1) is 0 Å². The highest BCUT2D eigenvalue weighted by Crippen LogP contribution is 2.35. The Morgan fingerprint density at radius 2 is 1.33 bits per heavy atom. The molecule has 5 rings (SSSR count). The number of rotatable bonds is 6. The van der Waals surface area contributed by atoms with Gasteiger partial charge in [0.15, 0.2) is 0 Å². The summed E-state index contributed by atoms with van der Waals surface area (Å²) < 4.78 is 33.1. The second-order valence-electron chi connectivity index (χ2n) is 8.06. The molecule has 168 valence electrons. The van der Waals surface area contributed by atoms with E-state index in [9.17, 15) is 8.42 Å². The van der Waals surface area contributed by atoms with Crippen molar-refractivity contribution < 1.29 is 12.8 Å². The molecule has 2 heterocycles. The second-order valence-corrected chi connectivity index (χ2v) is 9.93. The minimum absolute atomic E-state index is 0.0240. The van der Waals surface area contributed by atoms with Crippen molar-refractivity contribution in [2.75, 3.05) is 31.1 Å². The van der Waals surface area contributed by atoms with Gasteiger partial charge in [0.25, 0.3) is 0 Å². The first-order valence-electron chi connectivity index (χ1n) is 11.0. The van der Waals surface area contributed by atoms with Crippen LogP contribution in [0.3, 0.4) is 0 Å². The first-order chi connectivity index (χ1) is 16.1. The third kappa shape index (κ3) is 4.55. The van der Waals surface area contributed by atoms with Crippen LogP contribution in [0.4, 0.5) is 5.88 Å². The summed E-state index contributed by atoms with van der Waals surface area (Å²) in [6, 6.07) is 28.2. The zero-order valence-electron chi connectivity index (χ0n) is 18.2. The molecule has 0 amide bonds. The maximum atomic E-state index is 13.5. The Balaban J connectivity index is 1.45. The number of hydrogen-bond acceptors (Lipinski definition) is 6. The molecule has 1 fully saturated rings. The summed E-state index contributed by atoms with van der Waals surface area (Å²) in [5.41, 5.74) is 2.01. The number of sulfone groups is 1. The fourth-order valence-corrected chi connectivity index (χ4v) is 5.38. The van der Waals surface area contributed by atoms with Gasteiger partial charge in [0.05, 0.1) is 4.90 Å². The van der Waals surface area contributed by atoms with E-state index in [1.54, 1.807) is 30.3 Å². The third-order valence-corrected chi connectivity index (χ3v) is 7.48. The van der Waals surface area contributed by atoms with Gasteiger partial charge in [-0.2, -0.15) is 4.98 Å². The number of piperazine rings is 1. The van der Waals surface area contributed by atoms with Crippen LogP contribution in [0.2, 0.25) is 0 Å². The molecule has 1 aromatic heterocycles. The number of anilines is 1. The van der Waals surface area contributed by atoms with Crippen LogP contribution in [-0.2, 0) is 16.4 Å². The first kappa shape index (κ1) is 21.4. The van der Waals surface area contributed by atoms with Crippen molar-refractivity contribution >= 4 is 15.7 Å². The van der Waals surface area contributed by atoms with Gasteiger partial charge in [0.1, 0.15) is 0 Å². The molecule has 7 heteroatoms. The number of nitrogens with zero attached hydrogens (tertiary/aromatic N) is 3. The summed E-state index contributed by atoms with van der Waals surface area (Å²) in [5, 5.41) is -0.0240. The Kier molecular flexibility index (Phi) is 5.98. The van der Waals surface area contributed by atoms with Crippen LogP contribution in [0.5, 0.6) is 0 Å². The van der Waals surface area contributed by atoms with Crippen molar-refractivity contribution in [1.29, 1.82) is 0 Å². The summed E-state index contributed by atoms with van der Waals surface area (Å²) in [4.78, 5) is 9.05. The fraction of sp³-hybridized carbons (Fsp3) is 0.192. The Bertz CT molecular complexity index is 1300. The molecule has 1 saturated heterocycles. The summed E-state index contributed by atoms with van der Waals surface area (Å²) in [7, 11) is -3.83. The van der Waals surface area contributed by atoms with Gasteiger partial charge in [-0.25, -0.2) is 8.42 Å². The van der Waals surface area contributed by atoms with E-state index in [1.165, 1.54) is 5.56 Å². The number of aromatic nitrogens is 1. The molecule has 0 unspecified atom stereocenters. The summed E-state index contributed by atoms with van der Waals surface area (Å²) in [5.74, 6) is 0.629. The highest BCUT2D eigenvalue weighted by molar-refractivity contribution is 7.91. The molecule has 1 aliphatic heterocycles. The molecule has 6 nitrogen and oxygen atoms in total. The average molecular weight is 460 g/mol. The molecule has 0 bridgehead atoms. The highest BCUT2D eigenvalue weighted by atomic mass is 32.2. The lowest BCUT2D eigenvalue weighted by atomic mass is 10.2. The van der Waals surface area contributed by atoms with Crippen molar-refractivity contribution in [3.63, 3.8) is 0 Å². The quantitative estimate of drug-likeness (QED) is 0.423. The van der Waals surface area contributed by atoms with Crippen LogP contribution >= 0.6 is 0 Å². The van der Waals surface area contributed by atoms with Gasteiger partial charge in [-0.05, 0) is 29.8 Å². The minimum Gasteiger partial charge on any atom is -0.419 e. The van der Waals surface area contributed by atoms with Crippen molar-refractivity contribution in [1.82, 2.24) is 9.88 Å². The van der Waals surface area contributed by atoms with Gasteiger partial charge < -0.3 is 9.32 Å². The fourth-order valence-electron chi connectivity index (χ4n) is 4.04. The molecule has 1 aliphatic rings. The van der Waals surface area contributed by atoms with Crippen LogP contribution in [0, 0.1) is 0 Å². The molecular formula is C26H25N3O3S. The summed E-state index contributed by atoms with van der Waals surface area (Å²) in [6.45, 7) is 3.80. The molecule has 33 heavy (non-hydrogen) atoms. The van der Waals surface area contributed by atoms with Gasteiger partial charge in [0, 0.05) is 38.3 Å². The van der Waals surface area contributed by atoms with Crippen molar-refractivity contribution in [3.05, 3.63) is 96.6 Å². The van der Waals surface area contributed by atoms with Gasteiger partial charge in [-0.1, -0.05) is 66.7 Å². The molecule has 0 radical (unpaired) electrons. The minimum atomic E-state index is -3.83. The zero-order chi connectivity index (χ0) is 22.7. The number of oxazole rings is 1. The van der Waals surface area contributed by atoms with E-state index in [2.05, 4.69) is 22.0 Å². The topological polar surface area (TPSA) is 66.7 Å². The number of hydrogen-bond donors (Lipinski definition) is 0. The largest absolute Gasteiger partial charge is 0.419 e. The second kappa shape index (κ2) is 9.21. The summed E-state index contributed by atoms with van der Waals surface area (Å²) in [6.07, 6.45) is 0. The first-order valence-corrected chi connectivity index (χ1v) is 12.5. The molecular weight excluding hydrogens is 434 g/mol. The predicted octanol–water partition coefficient (Wildman–Crippen LogP) is 4.50. The molecule has 0 saturated carbocycles. The van der Waals surface area contributed by atoms with E-state index in [0.717, 1.165) is 25.2 Å². The highest BCUT2D eigenvalue weighted by Gasteiger charge is 2.32. The average Bonchev–Trinajstić information content (AvgIpc) is 3.33. The Labute approximate surface area is 194 Å². The van der Waals surface area contributed by atoms with Gasteiger partial charge in [0.2, 0.25) is 26.6 Å². The van der Waals surface area contributed by atoms with E-state index >= 15 is 0 Å². The van der Waals surface area contributed by atoms with Crippen molar-refractivity contribution in [2.24, 2.45) is 0 Å². The molecule has 0 N–H and O–H groups in total. The van der Waals surface area contributed by atoms with E-state index in [4.69, 9.17) is 4.42 Å². The van der Waals surface area contributed by atoms with Crippen LogP contribution in [0.15, 0.2) is 105 Å². The van der Waals surface area contributed by atoms with E-state index in [1.807, 2.05) is 53.4 Å². The normalized spacial score (nSPS) is 15.0. The Morgan fingerprint density at radius 3 is 1.97 bits per heavy atom. The lowest BCUT2D eigenvalue weighted by Crippen LogP contribution is -2.46. The lowest BCUT2D eigenvalue weighted by molar-refractivity contribution is 0.245. The molecule has 4 aromatic rings. The third-order valence-electron chi connectivity index (χ3n) is 5.82. The zero-order valence-corrected chi connectivity index (χ0v) is 19.0. The molecule has 3 aromatic carbocycles. The van der Waals surface area contributed by atoms with Crippen LogP contribution in [-0.4, -0.2) is 44.5 Å².